The minimum absolute atomic E-state index is 0.407. The molecule has 0 aliphatic carbocycles. The van der Waals surface area contributed by atoms with Gasteiger partial charge in [-0.25, -0.2) is 4.98 Å². The largest absolute Gasteiger partial charge is 0.431 e. The van der Waals surface area contributed by atoms with Crippen molar-refractivity contribution in [1.82, 2.24) is 4.98 Å². The molecule has 0 aliphatic rings. The first-order valence-corrected chi connectivity index (χ1v) is 5.44. The van der Waals surface area contributed by atoms with E-state index in [1.54, 1.807) is 6.20 Å². The van der Waals surface area contributed by atoms with E-state index in [9.17, 15) is 0 Å². The van der Waals surface area contributed by atoms with E-state index in [-0.39, 0.29) is 0 Å². The van der Waals surface area contributed by atoms with Gasteiger partial charge in [0.2, 0.25) is 0 Å². The highest BCUT2D eigenvalue weighted by Crippen LogP contribution is 2.27. The molecule has 0 spiro atoms. The Bertz CT molecular complexity index is 513. The number of nitrogen functional groups attached to an aromatic ring is 1. The second-order valence-electron chi connectivity index (χ2n) is 3.11. The Labute approximate surface area is 96.9 Å². The lowest BCUT2D eigenvalue weighted by molar-refractivity contribution is 0.478. The molecule has 0 amide bonds. The number of nitrogens with two attached hydrogens (primary N) is 1. The van der Waals surface area contributed by atoms with Crippen LogP contribution in [-0.2, 0) is 6.42 Å². The monoisotopic (exact) mass is 231 g/mol. The van der Waals surface area contributed by atoms with Crippen molar-refractivity contribution >= 4 is 16.3 Å². The molecule has 16 heavy (non-hydrogen) atoms. The predicted molar refractivity (Wildman–Crippen MR) is 62.4 cm³/mol. The number of hydrogen-bond donors (Lipinski definition) is 1. The fourth-order valence-corrected chi connectivity index (χ4v) is 1.73. The molecule has 0 unspecified atom stereocenters. The first-order chi connectivity index (χ1) is 7.78. The highest BCUT2D eigenvalue weighted by molar-refractivity contribution is 7.17. The molecule has 0 saturated carbocycles. The van der Waals surface area contributed by atoms with Gasteiger partial charge in [-0.05, 0) is 17.7 Å². The SMILES string of the molecule is N#CCc1ccc(Oc2ncc(N)s2)cc1. The summed E-state index contributed by atoms with van der Waals surface area (Å²) < 4.78 is 5.48. The van der Waals surface area contributed by atoms with Crippen LogP contribution in [0, 0.1) is 11.3 Å². The zero-order chi connectivity index (χ0) is 11.4. The van der Waals surface area contributed by atoms with Crippen LogP contribution in [0.15, 0.2) is 30.5 Å². The third-order valence-corrected chi connectivity index (χ3v) is 2.62. The number of aromatic nitrogens is 1. The van der Waals surface area contributed by atoms with Crippen molar-refractivity contribution in [2.24, 2.45) is 0 Å². The molecule has 2 rings (SSSR count). The lowest BCUT2D eigenvalue weighted by Gasteiger charge is -2.01. The molecule has 1 aromatic heterocycles. The van der Waals surface area contributed by atoms with E-state index in [0.29, 0.717) is 22.4 Å². The van der Waals surface area contributed by atoms with E-state index in [2.05, 4.69) is 11.1 Å². The summed E-state index contributed by atoms with van der Waals surface area (Å²) in [6, 6.07) is 9.42. The highest BCUT2D eigenvalue weighted by atomic mass is 32.1. The molecular weight excluding hydrogens is 222 g/mol. The molecule has 0 radical (unpaired) electrons. The normalized spacial score (nSPS) is 9.69. The number of benzene rings is 1. The van der Waals surface area contributed by atoms with Crippen LogP contribution in [0.2, 0.25) is 0 Å². The van der Waals surface area contributed by atoms with E-state index >= 15 is 0 Å². The number of hydrogen-bond acceptors (Lipinski definition) is 5. The van der Waals surface area contributed by atoms with Gasteiger partial charge in [-0.1, -0.05) is 23.5 Å². The van der Waals surface area contributed by atoms with Crippen molar-refractivity contribution in [3.05, 3.63) is 36.0 Å². The molecule has 0 atom stereocenters. The first-order valence-electron chi connectivity index (χ1n) is 4.63. The van der Waals surface area contributed by atoms with Crippen molar-refractivity contribution < 1.29 is 4.74 Å². The number of anilines is 1. The second kappa shape index (κ2) is 4.64. The highest BCUT2D eigenvalue weighted by Gasteiger charge is 2.01. The fourth-order valence-electron chi connectivity index (χ4n) is 1.18. The second-order valence-corrected chi connectivity index (χ2v) is 4.13. The van der Waals surface area contributed by atoms with Crippen LogP contribution in [0.5, 0.6) is 10.9 Å². The van der Waals surface area contributed by atoms with Gasteiger partial charge >= 0.3 is 0 Å². The van der Waals surface area contributed by atoms with Gasteiger partial charge in [0.15, 0.2) is 0 Å². The van der Waals surface area contributed by atoms with Gasteiger partial charge in [0.05, 0.1) is 18.7 Å². The molecule has 0 bridgehead atoms. The van der Waals surface area contributed by atoms with Crippen molar-refractivity contribution in [2.45, 2.75) is 6.42 Å². The summed E-state index contributed by atoms with van der Waals surface area (Å²) in [7, 11) is 0. The van der Waals surface area contributed by atoms with Crippen LogP contribution in [0.4, 0.5) is 5.00 Å². The molecular formula is C11H9N3OS. The molecule has 5 heteroatoms. The number of nitrogens with zero attached hydrogens (tertiary/aromatic N) is 2. The van der Waals surface area contributed by atoms with Crippen LogP contribution in [0.25, 0.3) is 0 Å². The molecule has 0 aliphatic heterocycles. The summed E-state index contributed by atoms with van der Waals surface area (Å²) in [5.74, 6) is 0.691. The van der Waals surface area contributed by atoms with Gasteiger partial charge in [-0.3, -0.25) is 0 Å². The Kier molecular flexibility index (Phi) is 3.03. The maximum absolute atomic E-state index is 8.52. The maximum atomic E-state index is 8.52. The van der Waals surface area contributed by atoms with Crippen LogP contribution in [-0.4, -0.2) is 4.98 Å². The zero-order valence-electron chi connectivity index (χ0n) is 8.38. The van der Waals surface area contributed by atoms with Crippen LogP contribution >= 0.6 is 11.3 Å². The summed E-state index contributed by atoms with van der Waals surface area (Å²) in [6.45, 7) is 0. The minimum atomic E-state index is 0.407. The minimum Gasteiger partial charge on any atom is -0.431 e. The van der Waals surface area contributed by atoms with Gasteiger partial charge in [0.25, 0.3) is 5.19 Å². The maximum Gasteiger partial charge on any atom is 0.280 e. The Hall–Kier alpha value is -2.06. The first kappa shape index (κ1) is 10.5. The Balaban J connectivity index is 2.08. The molecule has 4 nitrogen and oxygen atoms in total. The summed E-state index contributed by atoms with van der Waals surface area (Å²) in [5, 5.41) is 9.66. The van der Waals surface area contributed by atoms with E-state index in [0.717, 1.165) is 5.56 Å². The van der Waals surface area contributed by atoms with Gasteiger partial charge in [0.1, 0.15) is 10.8 Å². The summed E-state index contributed by atoms with van der Waals surface area (Å²) in [6.07, 6.45) is 1.97. The standard InChI is InChI=1S/C11H9N3OS/c12-6-5-8-1-3-9(4-2-8)15-11-14-7-10(13)16-11/h1-4,7H,5,13H2. The van der Waals surface area contributed by atoms with E-state index in [4.69, 9.17) is 15.7 Å². The van der Waals surface area contributed by atoms with Crippen molar-refractivity contribution in [1.29, 1.82) is 5.26 Å². The van der Waals surface area contributed by atoms with E-state index in [1.165, 1.54) is 11.3 Å². The molecule has 2 aromatic rings. The zero-order valence-corrected chi connectivity index (χ0v) is 9.20. The average Bonchev–Trinajstić information content (AvgIpc) is 2.67. The van der Waals surface area contributed by atoms with Gasteiger partial charge < -0.3 is 10.5 Å². The Morgan fingerprint density at radius 2 is 2.12 bits per heavy atom. The van der Waals surface area contributed by atoms with Gasteiger partial charge in [-0.2, -0.15) is 5.26 Å². The molecule has 1 heterocycles. The third kappa shape index (κ3) is 2.49. The number of thiazole rings is 1. The van der Waals surface area contributed by atoms with Crippen molar-refractivity contribution in [3.8, 4) is 17.0 Å². The molecule has 2 N–H and O–H groups in total. The van der Waals surface area contributed by atoms with E-state index in [1.807, 2.05) is 24.3 Å². The molecule has 1 aromatic carbocycles. The number of ether oxygens (including phenoxy) is 1. The molecule has 0 saturated heterocycles. The molecule has 80 valence electrons. The summed E-state index contributed by atoms with van der Waals surface area (Å²) in [5.41, 5.74) is 6.50. The topological polar surface area (TPSA) is 71.9 Å². The van der Waals surface area contributed by atoms with Crippen molar-refractivity contribution in [3.63, 3.8) is 0 Å². The van der Waals surface area contributed by atoms with Gasteiger partial charge in [0, 0.05) is 0 Å². The van der Waals surface area contributed by atoms with E-state index < -0.39 is 0 Å². The third-order valence-electron chi connectivity index (χ3n) is 1.91. The van der Waals surface area contributed by atoms with Crippen LogP contribution in [0.1, 0.15) is 5.56 Å². The fraction of sp³-hybridized carbons (Fsp3) is 0.0909. The average molecular weight is 231 g/mol. The van der Waals surface area contributed by atoms with Crippen LogP contribution in [0.3, 0.4) is 0 Å². The number of nitriles is 1. The Morgan fingerprint density at radius 1 is 1.38 bits per heavy atom. The number of rotatable bonds is 3. The quantitative estimate of drug-likeness (QED) is 0.881. The Morgan fingerprint density at radius 3 is 2.69 bits per heavy atom. The lowest BCUT2D eigenvalue weighted by atomic mass is 10.2. The smallest absolute Gasteiger partial charge is 0.280 e. The predicted octanol–water partition coefficient (Wildman–Crippen LogP) is 2.58. The van der Waals surface area contributed by atoms with Gasteiger partial charge in [-0.15, -0.1) is 0 Å². The van der Waals surface area contributed by atoms with Crippen LogP contribution < -0.4 is 10.5 Å². The van der Waals surface area contributed by atoms with Crippen molar-refractivity contribution in [2.75, 3.05) is 5.73 Å². The molecule has 0 fully saturated rings. The summed E-state index contributed by atoms with van der Waals surface area (Å²) in [4.78, 5) is 3.99. The lowest BCUT2D eigenvalue weighted by Crippen LogP contribution is -1.84. The summed E-state index contributed by atoms with van der Waals surface area (Å²) >= 11 is 1.29.